The van der Waals surface area contributed by atoms with Crippen molar-refractivity contribution in [2.45, 2.75) is 35.3 Å². The van der Waals surface area contributed by atoms with Crippen LogP contribution in [-0.2, 0) is 10.0 Å². The Morgan fingerprint density at radius 2 is 2.05 bits per heavy atom. The summed E-state index contributed by atoms with van der Waals surface area (Å²) in [5.41, 5.74) is 5.97. The third kappa shape index (κ3) is 3.42. The van der Waals surface area contributed by atoms with Crippen molar-refractivity contribution in [2.75, 3.05) is 18.5 Å². The maximum Gasteiger partial charge on any atom is 0.240 e. The van der Waals surface area contributed by atoms with Crippen LogP contribution in [0.4, 0.5) is 5.69 Å². The molecule has 0 aromatic heterocycles. The third-order valence-electron chi connectivity index (χ3n) is 3.81. The van der Waals surface area contributed by atoms with Gasteiger partial charge in [0.1, 0.15) is 0 Å². The van der Waals surface area contributed by atoms with E-state index in [1.165, 1.54) is 18.2 Å². The molecule has 0 unspecified atom stereocenters. The lowest BCUT2D eigenvalue weighted by molar-refractivity contribution is 0.551. The molecule has 1 saturated carbocycles. The van der Waals surface area contributed by atoms with Gasteiger partial charge < -0.3 is 5.73 Å². The van der Waals surface area contributed by atoms with Crippen LogP contribution in [-0.4, -0.2) is 26.0 Å². The maximum atomic E-state index is 12.3. The molecule has 0 spiro atoms. The van der Waals surface area contributed by atoms with Crippen molar-refractivity contribution in [3.05, 3.63) is 23.2 Å². The van der Waals surface area contributed by atoms with Crippen molar-refractivity contribution in [3.63, 3.8) is 0 Å². The number of benzene rings is 1. The van der Waals surface area contributed by atoms with Gasteiger partial charge in [0.2, 0.25) is 10.0 Å². The molecule has 4 nitrogen and oxygen atoms in total. The van der Waals surface area contributed by atoms with Crippen LogP contribution in [0.2, 0.25) is 5.02 Å². The average Bonchev–Trinajstić information content (AvgIpc) is 2.89. The number of anilines is 1. The molecule has 1 aliphatic rings. The molecule has 0 radical (unpaired) electrons. The zero-order valence-electron chi connectivity index (χ0n) is 11.4. The van der Waals surface area contributed by atoms with Crippen molar-refractivity contribution in [1.82, 2.24) is 4.72 Å². The SMILES string of the molecule is CSC1(CNS(=O)(=O)c2ccc(N)c(Cl)c2)CCCC1. The normalized spacial score (nSPS) is 18.3. The summed E-state index contributed by atoms with van der Waals surface area (Å²) in [6.07, 6.45) is 6.48. The second-order valence-electron chi connectivity index (χ2n) is 5.10. The molecule has 20 heavy (non-hydrogen) atoms. The number of sulfonamides is 1. The van der Waals surface area contributed by atoms with Gasteiger partial charge in [-0.05, 0) is 37.3 Å². The Morgan fingerprint density at radius 3 is 2.60 bits per heavy atom. The van der Waals surface area contributed by atoms with E-state index in [9.17, 15) is 8.42 Å². The molecule has 3 N–H and O–H groups in total. The molecular formula is C13H19ClN2O2S2. The summed E-state index contributed by atoms with van der Waals surface area (Å²) >= 11 is 7.63. The molecule has 1 aromatic rings. The van der Waals surface area contributed by atoms with Crippen molar-refractivity contribution in [3.8, 4) is 0 Å². The molecule has 0 atom stereocenters. The van der Waals surface area contributed by atoms with Crippen LogP contribution in [0.15, 0.2) is 23.1 Å². The van der Waals surface area contributed by atoms with Gasteiger partial charge >= 0.3 is 0 Å². The number of hydrogen-bond donors (Lipinski definition) is 2. The molecule has 0 saturated heterocycles. The van der Waals surface area contributed by atoms with Crippen molar-refractivity contribution < 1.29 is 8.42 Å². The minimum absolute atomic E-state index is 0.0324. The molecule has 0 heterocycles. The fraction of sp³-hybridized carbons (Fsp3) is 0.538. The number of thioether (sulfide) groups is 1. The van der Waals surface area contributed by atoms with Gasteiger partial charge in [0, 0.05) is 11.3 Å². The Labute approximate surface area is 129 Å². The zero-order chi connectivity index (χ0) is 14.8. The quantitative estimate of drug-likeness (QED) is 0.812. The summed E-state index contributed by atoms with van der Waals surface area (Å²) in [7, 11) is -3.54. The standard InChI is InChI=1S/C13H19ClN2O2S2/c1-19-13(6-2-3-7-13)9-16-20(17,18)10-4-5-12(15)11(14)8-10/h4-5,8,16H,2-3,6-7,9,15H2,1H3. The summed E-state index contributed by atoms with van der Waals surface area (Å²) < 4.78 is 27.3. The van der Waals surface area contributed by atoms with Gasteiger partial charge in [-0.3, -0.25) is 0 Å². The number of nitrogens with one attached hydrogen (secondary N) is 1. The van der Waals surface area contributed by atoms with E-state index in [0.29, 0.717) is 12.2 Å². The molecule has 1 aromatic carbocycles. The highest BCUT2D eigenvalue weighted by Gasteiger charge is 2.34. The first-order valence-corrected chi connectivity index (χ1v) is 9.57. The lowest BCUT2D eigenvalue weighted by atomic mass is 10.1. The summed E-state index contributed by atoms with van der Waals surface area (Å²) in [6, 6.07) is 4.38. The molecule has 0 amide bonds. The second-order valence-corrected chi connectivity index (χ2v) is 8.55. The van der Waals surface area contributed by atoms with Gasteiger partial charge in [0.25, 0.3) is 0 Å². The summed E-state index contributed by atoms with van der Waals surface area (Å²) in [4.78, 5) is 0.158. The summed E-state index contributed by atoms with van der Waals surface area (Å²) in [6.45, 7) is 0.457. The van der Waals surface area contributed by atoms with Crippen LogP contribution >= 0.6 is 23.4 Å². The number of halogens is 1. The Balaban J connectivity index is 2.13. The van der Waals surface area contributed by atoms with E-state index in [1.807, 2.05) is 6.26 Å². The molecular weight excluding hydrogens is 316 g/mol. The monoisotopic (exact) mass is 334 g/mol. The number of nitrogen functional groups attached to an aromatic ring is 1. The topological polar surface area (TPSA) is 72.2 Å². The van der Waals surface area contributed by atoms with Gasteiger partial charge in [-0.1, -0.05) is 24.4 Å². The predicted octanol–water partition coefficient (Wildman–Crippen LogP) is 2.88. The van der Waals surface area contributed by atoms with Crippen LogP contribution in [0.25, 0.3) is 0 Å². The highest BCUT2D eigenvalue weighted by atomic mass is 35.5. The largest absolute Gasteiger partial charge is 0.398 e. The first-order valence-electron chi connectivity index (χ1n) is 6.48. The molecule has 1 fully saturated rings. The molecule has 2 rings (SSSR count). The highest BCUT2D eigenvalue weighted by molar-refractivity contribution is 8.00. The second kappa shape index (κ2) is 6.13. The minimum atomic E-state index is -3.54. The number of hydrogen-bond acceptors (Lipinski definition) is 4. The van der Waals surface area contributed by atoms with Gasteiger partial charge in [-0.25, -0.2) is 13.1 Å². The lowest BCUT2D eigenvalue weighted by Crippen LogP contribution is -2.38. The van der Waals surface area contributed by atoms with E-state index in [-0.39, 0.29) is 14.7 Å². The van der Waals surface area contributed by atoms with Crippen LogP contribution < -0.4 is 10.5 Å². The minimum Gasteiger partial charge on any atom is -0.398 e. The van der Waals surface area contributed by atoms with Gasteiger partial charge in [-0.15, -0.1) is 0 Å². The van der Waals surface area contributed by atoms with Crippen molar-refractivity contribution >= 4 is 39.1 Å². The van der Waals surface area contributed by atoms with Crippen LogP contribution in [0.3, 0.4) is 0 Å². The van der Waals surface area contributed by atoms with E-state index in [2.05, 4.69) is 4.72 Å². The summed E-state index contributed by atoms with van der Waals surface area (Å²) in [5.74, 6) is 0. The van der Waals surface area contributed by atoms with E-state index in [0.717, 1.165) is 25.7 Å². The fourth-order valence-electron chi connectivity index (χ4n) is 2.46. The first-order chi connectivity index (χ1) is 9.38. The van der Waals surface area contributed by atoms with E-state index in [4.69, 9.17) is 17.3 Å². The molecule has 0 bridgehead atoms. The van der Waals surface area contributed by atoms with E-state index in [1.54, 1.807) is 11.8 Å². The molecule has 1 aliphatic carbocycles. The molecule has 7 heteroatoms. The van der Waals surface area contributed by atoms with Gasteiger partial charge in [0.05, 0.1) is 15.6 Å². The van der Waals surface area contributed by atoms with E-state index < -0.39 is 10.0 Å². The summed E-state index contributed by atoms with van der Waals surface area (Å²) in [5, 5.41) is 0.258. The Hall–Kier alpha value is -0.430. The Kier molecular flexibility index (Phi) is 4.89. The van der Waals surface area contributed by atoms with E-state index >= 15 is 0 Å². The average molecular weight is 335 g/mol. The predicted molar refractivity (Wildman–Crippen MR) is 85.8 cm³/mol. The molecule has 0 aliphatic heterocycles. The maximum absolute atomic E-state index is 12.3. The van der Waals surface area contributed by atoms with Gasteiger partial charge in [0.15, 0.2) is 0 Å². The van der Waals surface area contributed by atoms with Crippen LogP contribution in [0.1, 0.15) is 25.7 Å². The zero-order valence-corrected chi connectivity index (χ0v) is 13.7. The highest BCUT2D eigenvalue weighted by Crippen LogP contribution is 2.39. The third-order valence-corrected chi connectivity index (χ3v) is 6.96. The Bertz CT molecular complexity index is 584. The van der Waals surface area contributed by atoms with Crippen molar-refractivity contribution in [2.24, 2.45) is 0 Å². The number of rotatable bonds is 5. The van der Waals surface area contributed by atoms with Crippen LogP contribution in [0, 0.1) is 0 Å². The van der Waals surface area contributed by atoms with Crippen LogP contribution in [0.5, 0.6) is 0 Å². The Morgan fingerprint density at radius 1 is 1.40 bits per heavy atom. The lowest BCUT2D eigenvalue weighted by Gasteiger charge is -2.26. The smallest absolute Gasteiger partial charge is 0.240 e. The molecule has 112 valence electrons. The fourth-order valence-corrected chi connectivity index (χ4v) is 4.86. The van der Waals surface area contributed by atoms with Gasteiger partial charge in [-0.2, -0.15) is 11.8 Å². The van der Waals surface area contributed by atoms with Crippen molar-refractivity contribution in [1.29, 1.82) is 0 Å². The number of nitrogens with two attached hydrogens (primary N) is 1. The first kappa shape index (κ1) is 15.9.